The average Bonchev–Trinajstić information content (AvgIpc) is 2.76. The van der Waals surface area contributed by atoms with E-state index in [0.717, 1.165) is 5.75 Å². The Morgan fingerprint density at radius 3 is 2.27 bits per heavy atom. The first-order valence-electron chi connectivity index (χ1n) is 10.2. The summed E-state index contributed by atoms with van der Waals surface area (Å²) in [6.45, 7) is 5.42. The average molecular weight is 431 g/mol. The first kappa shape index (κ1) is 22.0. The van der Waals surface area contributed by atoms with E-state index in [1.54, 1.807) is 60.4 Å². The highest BCUT2D eigenvalue weighted by molar-refractivity contribution is 6.30. The molecule has 0 radical (unpaired) electrons. The molecule has 30 heavy (non-hydrogen) atoms. The standard InChI is InChI=1S/C23H27ClN2O4/c1-3-29-20-8-4-17(5-9-20)22(27)25-19-12-14-26(15-13-19)23(28)16(2)30-21-10-6-18(24)7-11-21/h4-11,16,19H,3,12-15H2,1-2H3,(H,25,27). The van der Waals surface area contributed by atoms with Crippen molar-refractivity contribution in [2.45, 2.75) is 38.8 Å². The minimum atomic E-state index is -0.582. The number of ether oxygens (including phenoxy) is 2. The molecule has 6 nitrogen and oxygen atoms in total. The molecule has 0 saturated carbocycles. The molecule has 1 aliphatic heterocycles. The van der Waals surface area contributed by atoms with Gasteiger partial charge in [-0.05, 0) is 75.2 Å². The van der Waals surface area contributed by atoms with E-state index in [-0.39, 0.29) is 17.9 Å². The minimum absolute atomic E-state index is 0.0422. The molecule has 1 aliphatic rings. The number of nitrogens with zero attached hydrogens (tertiary/aromatic N) is 1. The number of hydrogen-bond acceptors (Lipinski definition) is 4. The number of likely N-dealkylation sites (tertiary alicyclic amines) is 1. The van der Waals surface area contributed by atoms with E-state index in [1.165, 1.54) is 0 Å². The summed E-state index contributed by atoms with van der Waals surface area (Å²) in [5.41, 5.74) is 0.599. The van der Waals surface area contributed by atoms with Crippen LogP contribution >= 0.6 is 11.6 Å². The molecule has 1 atom stereocenters. The van der Waals surface area contributed by atoms with E-state index in [0.29, 0.717) is 48.9 Å². The number of amides is 2. The number of piperidine rings is 1. The van der Waals surface area contributed by atoms with Crippen LogP contribution in [-0.2, 0) is 4.79 Å². The van der Waals surface area contributed by atoms with Crippen molar-refractivity contribution in [3.05, 3.63) is 59.1 Å². The predicted octanol–water partition coefficient (Wildman–Crippen LogP) is 3.93. The van der Waals surface area contributed by atoms with E-state index in [1.807, 2.05) is 6.92 Å². The van der Waals surface area contributed by atoms with Crippen molar-refractivity contribution in [2.24, 2.45) is 0 Å². The van der Waals surface area contributed by atoms with Crippen LogP contribution in [0.3, 0.4) is 0 Å². The van der Waals surface area contributed by atoms with Gasteiger partial charge >= 0.3 is 0 Å². The van der Waals surface area contributed by atoms with Gasteiger partial charge in [0.05, 0.1) is 6.61 Å². The van der Waals surface area contributed by atoms with Crippen molar-refractivity contribution >= 4 is 23.4 Å². The smallest absolute Gasteiger partial charge is 0.263 e. The highest BCUT2D eigenvalue weighted by Crippen LogP contribution is 2.19. The van der Waals surface area contributed by atoms with Gasteiger partial charge < -0.3 is 19.7 Å². The molecule has 1 unspecified atom stereocenters. The fourth-order valence-corrected chi connectivity index (χ4v) is 3.53. The molecule has 3 rings (SSSR count). The summed E-state index contributed by atoms with van der Waals surface area (Å²) in [5.74, 6) is 1.19. The zero-order valence-corrected chi connectivity index (χ0v) is 18.0. The lowest BCUT2D eigenvalue weighted by Crippen LogP contribution is -2.49. The predicted molar refractivity (Wildman–Crippen MR) is 116 cm³/mol. The number of carbonyl (C=O) groups is 2. The van der Waals surface area contributed by atoms with Gasteiger partial charge in [0.2, 0.25) is 0 Å². The van der Waals surface area contributed by atoms with E-state index >= 15 is 0 Å². The molecular formula is C23H27ClN2O4. The van der Waals surface area contributed by atoms with Crippen LogP contribution in [0.4, 0.5) is 0 Å². The van der Waals surface area contributed by atoms with Gasteiger partial charge in [-0.25, -0.2) is 0 Å². The van der Waals surface area contributed by atoms with Crippen molar-refractivity contribution in [3.63, 3.8) is 0 Å². The second-order valence-electron chi connectivity index (χ2n) is 7.24. The van der Waals surface area contributed by atoms with Crippen LogP contribution in [0.15, 0.2) is 48.5 Å². The van der Waals surface area contributed by atoms with Crippen molar-refractivity contribution in [1.29, 1.82) is 0 Å². The summed E-state index contributed by atoms with van der Waals surface area (Å²) in [6.07, 6.45) is 0.839. The molecular weight excluding hydrogens is 404 g/mol. The molecule has 1 saturated heterocycles. The molecule has 1 N–H and O–H groups in total. The molecule has 2 aromatic carbocycles. The lowest BCUT2D eigenvalue weighted by molar-refractivity contribution is -0.139. The van der Waals surface area contributed by atoms with E-state index in [9.17, 15) is 9.59 Å². The Morgan fingerprint density at radius 2 is 1.67 bits per heavy atom. The van der Waals surface area contributed by atoms with Crippen LogP contribution in [0.25, 0.3) is 0 Å². The van der Waals surface area contributed by atoms with E-state index < -0.39 is 6.10 Å². The molecule has 1 fully saturated rings. The van der Waals surface area contributed by atoms with Crippen LogP contribution in [0.2, 0.25) is 5.02 Å². The Hall–Kier alpha value is -2.73. The van der Waals surface area contributed by atoms with Crippen molar-refractivity contribution in [2.75, 3.05) is 19.7 Å². The molecule has 0 bridgehead atoms. The number of hydrogen-bond donors (Lipinski definition) is 1. The SMILES string of the molecule is CCOc1ccc(C(=O)NC2CCN(C(=O)C(C)Oc3ccc(Cl)cc3)CC2)cc1. The van der Waals surface area contributed by atoms with Gasteiger partial charge in [0.25, 0.3) is 11.8 Å². The van der Waals surface area contributed by atoms with Crippen LogP contribution in [-0.4, -0.2) is 48.6 Å². The van der Waals surface area contributed by atoms with E-state index in [2.05, 4.69) is 5.32 Å². The summed E-state index contributed by atoms with van der Waals surface area (Å²) in [6, 6.07) is 14.1. The van der Waals surface area contributed by atoms with Crippen LogP contribution in [0.5, 0.6) is 11.5 Å². The third-order valence-corrected chi connectivity index (χ3v) is 5.30. The Bertz CT molecular complexity index is 847. The van der Waals surface area contributed by atoms with Gasteiger partial charge in [0.1, 0.15) is 11.5 Å². The Labute approximate surface area is 182 Å². The second-order valence-corrected chi connectivity index (χ2v) is 7.68. The summed E-state index contributed by atoms with van der Waals surface area (Å²) < 4.78 is 11.1. The number of nitrogens with one attached hydrogen (secondary N) is 1. The Morgan fingerprint density at radius 1 is 1.07 bits per heavy atom. The highest BCUT2D eigenvalue weighted by Gasteiger charge is 2.27. The van der Waals surface area contributed by atoms with Crippen LogP contribution < -0.4 is 14.8 Å². The van der Waals surface area contributed by atoms with Gasteiger partial charge in [0.15, 0.2) is 6.10 Å². The van der Waals surface area contributed by atoms with Crippen molar-refractivity contribution in [3.8, 4) is 11.5 Å². The number of benzene rings is 2. The fourth-order valence-electron chi connectivity index (χ4n) is 3.41. The topological polar surface area (TPSA) is 67.9 Å². The second kappa shape index (κ2) is 10.3. The Balaban J connectivity index is 1.46. The molecule has 0 spiro atoms. The number of rotatable bonds is 7. The third-order valence-electron chi connectivity index (χ3n) is 5.04. The number of halogens is 1. The maximum Gasteiger partial charge on any atom is 0.263 e. The van der Waals surface area contributed by atoms with Crippen LogP contribution in [0, 0.1) is 0 Å². The summed E-state index contributed by atoms with van der Waals surface area (Å²) >= 11 is 5.87. The zero-order chi connectivity index (χ0) is 21.5. The lowest BCUT2D eigenvalue weighted by Gasteiger charge is -2.33. The molecule has 0 aliphatic carbocycles. The maximum atomic E-state index is 12.7. The van der Waals surface area contributed by atoms with Crippen LogP contribution in [0.1, 0.15) is 37.0 Å². The molecule has 2 amide bonds. The molecule has 7 heteroatoms. The highest BCUT2D eigenvalue weighted by atomic mass is 35.5. The zero-order valence-electron chi connectivity index (χ0n) is 17.3. The largest absolute Gasteiger partial charge is 0.494 e. The normalized spacial score (nSPS) is 15.4. The Kier molecular flexibility index (Phi) is 7.57. The third kappa shape index (κ3) is 5.89. The molecule has 0 aromatic heterocycles. The number of carbonyl (C=O) groups excluding carboxylic acids is 2. The first-order valence-corrected chi connectivity index (χ1v) is 10.6. The van der Waals surface area contributed by atoms with Crippen molar-refractivity contribution < 1.29 is 19.1 Å². The van der Waals surface area contributed by atoms with Gasteiger partial charge in [-0.15, -0.1) is 0 Å². The maximum absolute atomic E-state index is 12.7. The van der Waals surface area contributed by atoms with Gasteiger partial charge in [-0.1, -0.05) is 11.6 Å². The van der Waals surface area contributed by atoms with E-state index in [4.69, 9.17) is 21.1 Å². The summed E-state index contributed by atoms with van der Waals surface area (Å²) in [7, 11) is 0. The van der Waals surface area contributed by atoms with Gasteiger partial charge in [-0.2, -0.15) is 0 Å². The monoisotopic (exact) mass is 430 g/mol. The minimum Gasteiger partial charge on any atom is -0.494 e. The molecule has 2 aromatic rings. The van der Waals surface area contributed by atoms with Crippen molar-refractivity contribution in [1.82, 2.24) is 10.2 Å². The van der Waals surface area contributed by atoms with Gasteiger partial charge in [-0.3, -0.25) is 9.59 Å². The lowest BCUT2D eigenvalue weighted by atomic mass is 10.0. The fraction of sp³-hybridized carbons (Fsp3) is 0.391. The molecule has 160 valence electrons. The molecule has 1 heterocycles. The first-order chi connectivity index (χ1) is 14.5. The quantitative estimate of drug-likeness (QED) is 0.722. The summed E-state index contributed by atoms with van der Waals surface area (Å²) in [4.78, 5) is 26.9. The van der Waals surface area contributed by atoms with Gasteiger partial charge in [0, 0.05) is 29.7 Å². The summed E-state index contributed by atoms with van der Waals surface area (Å²) in [5, 5.41) is 3.68.